The summed E-state index contributed by atoms with van der Waals surface area (Å²) in [5.41, 5.74) is 22.7. The van der Waals surface area contributed by atoms with Gasteiger partial charge in [-0.1, -0.05) is 67.8 Å². The lowest BCUT2D eigenvalue weighted by Crippen LogP contribution is -2.61. The van der Waals surface area contributed by atoms with Gasteiger partial charge in [0.05, 0.1) is 19.0 Å². The van der Waals surface area contributed by atoms with Gasteiger partial charge in [0, 0.05) is 24.3 Å². The van der Waals surface area contributed by atoms with Gasteiger partial charge < -0.3 is 70.6 Å². The van der Waals surface area contributed by atoms with Crippen molar-refractivity contribution in [3.8, 4) is 5.75 Å². The number of phenolic OH excluding ortho intramolecular Hbond substituents is 1. The fourth-order valence-corrected chi connectivity index (χ4v) is 8.54. The molecule has 9 atom stereocenters. The molecule has 372 valence electrons. The molecule has 1 aromatic rings. The molecule has 1 aliphatic rings. The fourth-order valence-electron chi connectivity index (χ4n) is 6.26. The minimum absolute atomic E-state index is 0.0513. The van der Waals surface area contributed by atoms with Crippen LogP contribution in [-0.2, 0) is 59.2 Å². The summed E-state index contributed by atoms with van der Waals surface area (Å²) in [5, 5.41) is 29.7. The maximum absolute atomic E-state index is 14.0. The Morgan fingerprint density at radius 2 is 1.30 bits per heavy atom. The number of phenols is 1. The Labute approximate surface area is 395 Å². The zero-order chi connectivity index (χ0) is 50.5. The average molecular weight is 981 g/mol. The van der Waals surface area contributed by atoms with Crippen LogP contribution in [0.4, 0.5) is 0 Å². The zero-order valence-corrected chi connectivity index (χ0v) is 39.6. The highest BCUT2D eigenvalue weighted by atomic mass is 33.1. The molecule has 1 aromatic carbocycles. The number of rotatable bonds is 18. The summed E-state index contributed by atoms with van der Waals surface area (Å²) in [6.45, 7) is 7.76. The van der Waals surface area contributed by atoms with Crippen LogP contribution in [0.5, 0.6) is 5.75 Å². The molecular weight excluding hydrogens is 917 g/mol. The number of hydrogen-bond donors (Lipinski definition) is 13. The van der Waals surface area contributed by atoms with E-state index in [1.165, 1.54) is 31.2 Å². The minimum Gasteiger partial charge on any atom is -0.508 e. The average Bonchev–Trinajstić information content (AvgIpc) is 3.25. The van der Waals surface area contributed by atoms with E-state index in [-0.39, 0.29) is 36.0 Å². The molecular formula is C41H64N12O12S2. The van der Waals surface area contributed by atoms with E-state index in [9.17, 15) is 57.8 Å². The molecule has 0 aromatic heterocycles. The molecule has 17 N–H and O–H groups in total. The molecule has 11 amide bonds. The standard InChI is InChI=1S/C41H64N12O12S2/c1-6-20(4)33-41(65)48-25(11-12-30(43)55)37(61)51-28(15-31(44)56)38(62)52-29(40(64)47-21(5)34(58)49-26(13-19(2)3)36(60)46-16-32(45)57)18-67-66-17-24(42)35(59)50-27(39(63)53-33)14-22-7-9-23(54)10-8-22/h7-10,19-21,24-29,33,54H,6,11-18,42H2,1-5H3,(H2,43,55)(H2,44,56)(H2,45,57)(H,46,60)(H,47,64)(H,48,65)(H,49,58)(H,50,59)(H,51,61)(H,52,62)(H,53,63)/t20-,21-,24+,25+,26-,27+,28-,29-,33-/m0/s1. The second-order valence-electron chi connectivity index (χ2n) is 16.4. The molecule has 1 heterocycles. The van der Waals surface area contributed by atoms with Crippen molar-refractivity contribution in [1.82, 2.24) is 42.5 Å². The Bertz CT molecular complexity index is 1960. The summed E-state index contributed by atoms with van der Waals surface area (Å²) in [4.78, 5) is 145. The molecule has 1 aliphatic heterocycles. The summed E-state index contributed by atoms with van der Waals surface area (Å²) in [7, 11) is 1.97. The number of nitrogens with one attached hydrogen (secondary N) is 8. The van der Waals surface area contributed by atoms with E-state index in [0.717, 1.165) is 21.6 Å². The molecule has 2 rings (SSSR count). The molecule has 26 heteroatoms. The maximum atomic E-state index is 14.0. The number of carbonyl (C=O) groups excluding carboxylic acids is 11. The van der Waals surface area contributed by atoms with Crippen LogP contribution in [0, 0.1) is 11.8 Å². The van der Waals surface area contributed by atoms with Gasteiger partial charge in [0.2, 0.25) is 65.0 Å². The molecule has 0 aliphatic carbocycles. The molecule has 0 spiro atoms. The number of nitrogens with two attached hydrogens (primary N) is 4. The van der Waals surface area contributed by atoms with Crippen LogP contribution in [0.3, 0.4) is 0 Å². The third kappa shape index (κ3) is 20.5. The Morgan fingerprint density at radius 3 is 1.88 bits per heavy atom. The molecule has 0 bridgehead atoms. The SMILES string of the molecule is CC[C@H](C)[C@@H]1NC(=O)[C@@H](Cc2ccc(O)cc2)NC(=O)[C@H](N)CSSC[C@@H](C(=O)N[C@@H](C)C(=O)N[C@@H](CC(C)C)C(=O)NCC(N)=O)NC(=O)[C@H](CC(N)=O)NC(=O)[C@@H](CCC(N)=O)NC1=O. The number of primary amides is 3. The normalized spacial score (nSPS) is 22.8. The molecule has 0 saturated carbocycles. The van der Waals surface area contributed by atoms with Crippen molar-refractivity contribution in [2.45, 2.75) is 121 Å². The lowest BCUT2D eigenvalue weighted by molar-refractivity contribution is -0.136. The summed E-state index contributed by atoms with van der Waals surface area (Å²) < 4.78 is 0. The van der Waals surface area contributed by atoms with Crippen molar-refractivity contribution in [2.24, 2.45) is 34.8 Å². The highest BCUT2D eigenvalue weighted by Gasteiger charge is 2.36. The lowest BCUT2D eigenvalue weighted by atomic mass is 9.96. The predicted octanol–water partition coefficient (Wildman–Crippen LogP) is -4.09. The van der Waals surface area contributed by atoms with Crippen LogP contribution in [0.25, 0.3) is 0 Å². The molecule has 24 nitrogen and oxygen atoms in total. The topological polar surface area (TPSA) is 408 Å². The Hall–Kier alpha value is -6.15. The molecule has 0 radical (unpaired) electrons. The summed E-state index contributed by atoms with van der Waals surface area (Å²) in [6, 6.07) is -5.42. The van der Waals surface area contributed by atoms with E-state index in [0.29, 0.717) is 12.0 Å². The van der Waals surface area contributed by atoms with Gasteiger partial charge in [-0.25, -0.2) is 0 Å². The highest BCUT2D eigenvalue weighted by molar-refractivity contribution is 8.76. The van der Waals surface area contributed by atoms with Crippen molar-refractivity contribution in [3.63, 3.8) is 0 Å². The van der Waals surface area contributed by atoms with Crippen molar-refractivity contribution >= 4 is 86.6 Å². The lowest BCUT2D eigenvalue weighted by Gasteiger charge is -2.29. The first-order valence-electron chi connectivity index (χ1n) is 21.4. The largest absolute Gasteiger partial charge is 0.508 e. The molecule has 1 fully saturated rings. The van der Waals surface area contributed by atoms with Gasteiger partial charge in [0.25, 0.3) is 0 Å². The van der Waals surface area contributed by atoms with E-state index in [2.05, 4.69) is 42.5 Å². The Morgan fingerprint density at radius 1 is 0.716 bits per heavy atom. The van der Waals surface area contributed by atoms with E-state index in [1.807, 2.05) is 0 Å². The number of carbonyl (C=O) groups is 11. The summed E-state index contributed by atoms with van der Waals surface area (Å²) in [5.74, 6) is -11.0. The van der Waals surface area contributed by atoms with Gasteiger partial charge >= 0.3 is 0 Å². The van der Waals surface area contributed by atoms with Crippen LogP contribution in [-0.4, -0.2) is 136 Å². The molecule has 67 heavy (non-hydrogen) atoms. The van der Waals surface area contributed by atoms with Gasteiger partial charge in [-0.3, -0.25) is 52.7 Å². The van der Waals surface area contributed by atoms with Gasteiger partial charge in [-0.2, -0.15) is 0 Å². The maximum Gasteiger partial charge on any atom is 0.244 e. The van der Waals surface area contributed by atoms with Gasteiger partial charge in [-0.05, 0) is 49.3 Å². The first-order chi connectivity index (χ1) is 31.4. The van der Waals surface area contributed by atoms with Crippen LogP contribution >= 0.6 is 21.6 Å². The van der Waals surface area contributed by atoms with Crippen molar-refractivity contribution in [1.29, 1.82) is 0 Å². The van der Waals surface area contributed by atoms with E-state index in [1.54, 1.807) is 27.7 Å². The number of aromatic hydroxyl groups is 1. The van der Waals surface area contributed by atoms with Crippen LogP contribution < -0.4 is 65.5 Å². The van der Waals surface area contributed by atoms with Crippen molar-refractivity contribution < 1.29 is 57.8 Å². The second-order valence-corrected chi connectivity index (χ2v) is 19.0. The highest BCUT2D eigenvalue weighted by Crippen LogP contribution is 2.23. The monoisotopic (exact) mass is 980 g/mol. The number of benzene rings is 1. The van der Waals surface area contributed by atoms with Gasteiger partial charge in [-0.15, -0.1) is 0 Å². The van der Waals surface area contributed by atoms with Crippen LogP contribution in [0.2, 0.25) is 0 Å². The third-order valence-electron chi connectivity index (χ3n) is 10.2. The summed E-state index contributed by atoms with van der Waals surface area (Å²) in [6.07, 6.45) is -1.28. The number of hydrogen-bond acceptors (Lipinski definition) is 15. The minimum atomic E-state index is -1.77. The van der Waals surface area contributed by atoms with Gasteiger partial charge in [0.15, 0.2) is 0 Å². The molecule has 1 saturated heterocycles. The number of amides is 11. The molecule has 0 unspecified atom stereocenters. The first kappa shape index (κ1) is 57.0. The smallest absolute Gasteiger partial charge is 0.244 e. The van der Waals surface area contributed by atoms with Crippen molar-refractivity contribution in [2.75, 3.05) is 18.1 Å². The van der Waals surface area contributed by atoms with Crippen molar-refractivity contribution in [3.05, 3.63) is 29.8 Å². The Kier molecular flexibility index (Phi) is 23.9. The van der Waals surface area contributed by atoms with Crippen LogP contribution in [0.1, 0.15) is 72.3 Å². The quantitative estimate of drug-likeness (QED) is 0.0622. The Balaban J connectivity index is 2.58. The zero-order valence-electron chi connectivity index (χ0n) is 38.0. The van der Waals surface area contributed by atoms with E-state index >= 15 is 0 Å². The van der Waals surface area contributed by atoms with E-state index < -0.39 is 145 Å². The summed E-state index contributed by atoms with van der Waals surface area (Å²) >= 11 is 0. The predicted molar refractivity (Wildman–Crippen MR) is 247 cm³/mol. The fraction of sp³-hybridized carbons (Fsp3) is 0.585. The van der Waals surface area contributed by atoms with E-state index in [4.69, 9.17) is 22.9 Å². The first-order valence-corrected chi connectivity index (χ1v) is 23.9. The third-order valence-corrected chi connectivity index (χ3v) is 12.7. The van der Waals surface area contributed by atoms with Gasteiger partial charge in [0.1, 0.15) is 48.0 Å². The van der Waals surface area contributed by atoms with Crippen LogP contribution in [0.15, 0.2) is 24.3 Å². The second kappa shape index (κ2) is 28.1.